The van der Waals surface area contributed by atoms with Gasteiger partial charge in [0.1, 0.15) is 12.1 Å². The van der Waals surface area contributed by atoms with E-state index < -0.39 is 0 Å². The first kappa shape index (κ1) is 10.7. The van der Waals surface area contributed by atoms with Gasteiger partial charge in [-0.2, -0.15) is 0 Å². The topological polar surface area (TPSA) is 32.3 Å². The molecule has 2 fully saturated rings. The third-order valence-electron chi connectivity index (χ3n) is 3.54. The summed E-state index contributed by atoms with van der Waals surface area (Å²) in [5.41, 5.74) is 0. The van der Waals surface area contributed by atoms with Crippen LogP contribution in [-0.2, 0) is 0 Å². The molecule has 1 atom stereocenters. The van der Waals surface area contributed by atoms with Crippen molar-refractivity contribution in [1.82, 2.24) is 14.9 Å². The largest absolute Gasteiger partial charge is 0.353 e. The molecule has 0 N–H and O–H groups in total. The highest BCUT2D eigenvalue weighted by atomic mass is 127. The van der Waals surface area contributed by atoms with Gasteiger partial charge in [0.25, 0.3) is 0 Å². The molecular weight excluding hydrogens is 315 g/mol. The fourth-order valence-corrected chi connectivity index (χ4v) is 3.36. The van der Waals surface area contributed by atoms with Crippen LogP contribution in [0.2, 0.25) is 0 Å². The normalized spacial score (nSPS) is 25.8. The molecule has 3 rings (SSSR count). The first-order valence-corrected chi connectivity index (χ1v) is 6.87. The van der Waals surface area contributed by atoms with Crippen molar-refractivity contribution in [2.24, 2.45) is 0 Å². The van der Waals surface area contributed by atoms with Gasteiger partial charge in [-0.25, -0.2) is 9.97 Å². The van der Waals surface area contributed by atoms with Crippen LogP contribution in [0.25, 0.3) is 0 Å². The molecule has 4 nitrogen and oxygen atoms in total. The van der Waals surface area contributed by atoms with Crippen molar-refractivity contribution in [3.8, 4) is 0 Å². The Morgan fingerprint density at radius 2 is 2.25 bits per heavy atom. The van der Waals surface area contributed by atoms with Crippen LogP contribution in [0.1, 0.15) is 12.8 Å². The summed E-state index contributed by atoms with van der Waals surface area (Å²) in [4.78, 5) is 13.5. The zero-order chi connectivity index (χ0) is 11.0. The van der Waals surface area contributed by atoms with Gasteiger partial charge in [0.2, 0.25) is 0 Å². The van der Waals surface area contributed by atoms with Crippen LogP contribution in [-0.4, -0.2) is 47.1 Å². The maximum absolute atomic E-state index is 4.40. The van der Waals surface area contributed by atoms with Crippen molar-refractivity contribution in [2.75, 3.05) is 31.1 Å². The Kier molecular flexibility index (Phi) is 2.97. The third-order valence-corrected chi connectivity index (χ3v) is 4.30. The van der Waals surface area contributed by atoms with Gasteiger partial charge in [-0.1, -0.05) is 0 Å². The van der Waals surface area contributed by atoms with Crippen LogP contribution >= 0.6 is 22.6 Å². The van der Waals surface area contributed by atoms with Crippen molar-refractivity contribution < 1.29 is 0 Å². The lowest BCUT2D eigenvalue weighted by molar-refractivity contribution is 0.230. The van der Waals surface area contributed by atoms with Gasteiger partial charge >= 0.3 is 0 Å². The highest BCUT2D eigenvalue weighted by Gasteiger charge is 2.31. The first-order valence-electron chi connectivity index (χ1n) is 5.79. The second-order valence-corrected chi connectivity index (χ2v) is 5.63. The van der Waals surface area contributed by atoms with Crippen molar-refractivity contribution in [3.63, 3.8) is 0 Å². The van der Waals surface area contributed by atoms with Gasteiger partial charge in [-0.05, 0) is 42.0 Å². The summed E-state index contributed by atoms with van der Waals surface area (Å²) < 4.78 is 1.16. The fraction of sp³-hybridized carbons (Fsp3) is 0.636. The Labute approximate surface area is 109 Å². The summed E-state index contributed by atoms with van der Waals surface area (Å²) in [6.45, 7) is 4.71. The van der Waals surface area contributed by atoms with E-state index in [4.69, 9.17) is 0 Å². The smallest absolute Gasteiger partial charge is 0.145 e. The van der Waals surface area contributed by atoms with Gasteiger partial charge < -0.3 is 4.90 Å². The number of piperazine rings is 1. The van der Waals surface area contributed by atoms with Gasteiger partial charge in [0.05, 0.1) is 3.57 Å². The number of halogens is 1. The molecule has 5 heteroatoms. The minimum absolute atomic E-state index is 0.750. The molecule has 86 valence electrons. The van der Waals surface area contributed by atoms with Crippen LogP contribution < -0.4 is 4.90 Å². The monoisotopic (exact) mass is 330 g/mol. The Hall–Kier alpha value is -0.430. The highest BCUT2D eigenvalue weighted by molar-refractivity contribution is 14.1. The predicted octanol–water partition coefficient (Wildman–Crippen LogP) is 1.37. The van der Waals surface area contributed by atoms with Gasteiger partial charge in [0.15, 0.2) is 0 Å². The number of anilines is 1. The van der Waals surface area contributed by atoms with Crippen molar-refractivity contribution in [3.05, 3.63) is 16.1 Å². The lowest BCUT2D eigenvalue weighted by atomic mass is 10.1. The third kappa shape index (κ3) is 1.90. The number of hydrogen-bond donors (Lipinski definition) is 0. The highest BCUT2D eigenvalue weighted by Crippen LogP contribution is 2.26. The van der Waals surface area contributed by atoms with Gasteiger partial charge in [0, 0.05) is 31.9 Å². The average Bonchev–Trinajstić information content (AvgIpc) is 2.76. The molecule has 0 aromatic carbocycles. The number of hydrogen-bond acceptors (Lipinski definition) is 4. The molecule has 1 aromatic heterocycles. The number of aromatic nitrogens is 2. The fourth-order valence-electron chi connectivity index (χ4n) is 2.72. The molecule has 0 bridgehead atoms. The summed E-state index contributed by atoms with van der Waals surface area (Å²) in [6, 6.07) is 0.750. The molecule has 16 heavy (non-hydrogen) atoms. The lowest BCUT2D eigenvalue weighted by Crippen LogP contribution is -2.50. The Bertz CT molecular complexity index is 384. The van der Waals surface area contributed by atoms with Crippen molar-refractivity contribution >= 4 is 28.4 Å². The molecule has 0 radical (unpaired) electrons. The van der Waals surface area contributed by atoms with Crippen molar-refractivity contribution in [1.29, 1.82) is 0 Å². The second kappa shape index (κ2) is 4.44. The van der Waals surface area contributed by atoms with Crippen LogP contribution in [0.4, 0.5) is 5.82 Å². The van der Waals surface area contributed by atoms with E-state index in [0.717, 1.165) is 28.5 Å². The Balaban J connectivity index is 1.79. The van der Waals surface area contributed by atoms with Crippen LogP contribution in [0.3, 0.4) is 0 Å². The van der Waals surface area contributed by atoms with E-state index >= 15 is 0 Å². The molecule has 2 aliphatic heterocycles. The molecule has 0 saturated carbocycles. The molecule has 0 aliphatic carbocycles. The average molecular weight is 330 g/mol. The van der Waals surface area contributed by atoms with Gasteiger partial charge in [-0.3, -0.25) is 4.90 Å². The standard InChI is InChI=1S/C11H15IN4/c12-10-6-13-8-14-11(10)16-5-4-15-3-1-2-9(15)7-16/h6,8-9H,1-5,7H2. The maximum atomic E-state index is 4.40. The molecule has 1 aromatic rings. The maximum Gasteiger partial charge on any atom is 0.145 e. The molecular formula is C11H15IN4. The van der Waals surface area contributed by atoms with E-state index in [9.17, 15) is 0 Å². The quantitative estimate of drug-likeness (QED) is 0.728. The first-order chi connectivity index (χ1) is 7.84. The molecule has 3 heterocycles. The van der Waals surface area contributed by atoms with E-state index in [1.165, 1.54) is 25.9 Å². The van der Waals surface area contributed by atoms with Gasteiger partial charge in [-0.15, -0.1) is 0 Å². The SMILES string of the molecule is Ic1cncnc1N1CCN2CCCC2C1. The summed E-state index contributed by atoms with van der Waals surface area (Å²) >= 11 is 2.32. The summed E-state index contributed by atoms with van der Waals surface area (Å²) in [5, 5.41) is 0. The molecule has 0 spiro atoms. The summed E-state index contributed by atoms with van der Waals surface area (Å²) in [6.07, 6.45) is 6.25. The Morgan fingerprint density at radius 3 is 3.12 bits per heavy atom. The Morgan fingerprint density at radius 1 is 1.31 bits per heavy atom. The zero-order valence-corrected chi connectivity index (χ0v) is 11.3. The van der Waals surface area contributed by atoms with E-state index in [1.807, 2.05) is 6.20 Å². The van der Waals surface area contributed by atoms with Crippen LogP contribution in [0.15, 0.2) is 12.5 Å². The molecule has 2 aliphatic rings. The molecule has 1 unspecified atom stereocenters. The minimum atomic E-state index is 0.750. The minimum Gasteiger partial charge on any atom is -0.353 e. The van der Waals surface area contributed by atoms with E-state index in [2.05, 4.69) is 42.4 Å². The van der Waals surface area contributed by atoms with Crippen molar-refractivity contribution in [2.45, 2.75) is 18.9 Å². The molecule has 2 saturated heterocycles. The van der Waals surface area contributed by atoms with E-state index in [-0.39, 0.29) is 0 Å². The zero-order valence-electron chi connectivity index (χ0n) is 9.14. The number of nitrogens with zero attached hydrogens (tertiary/aromatic N) is 4. The van der Waals surface area contributed by atoms with E-state index in [1.54, 1.807) is 6.33 Å². The second-order valence-electron chi connectivity index (χ2n) is 4.47. The van der Waals surface area contributed by atoms with Crippen LogP contribution in [0, 0.1) is 3.57 Å². The summed E-state index contributed by atoms with van der Waals surface area (Å²) in [5.74, 6) is 1.11. The predicted molar refractivity (Wildman–Crippen MR) is 71.6 cm³/mol. The molecule has 0 amide bonds. The van der Waals surface area contributed by atoms with Crippen LogP contribution in [0.5, 0.6) is 0 Å². The number of rotatable bonds is 1. The summed E-state index contributed by atoms with van der Waals surface area (Å²) in [7, 11) is 0. The lowest BCUT2D eigenvalue weighted by Gasteiger charge is -2.38. The number of fused-ring (bicyclic) bond motifs is 1. The van der Waals surface area contributed by atoms with E-state index in [0.29, 0.717) is 0 Å².